The highest BCUT2D eigenvalue weighted by Gasteiger charge is 2.20. The fourth-order valence-electron chi connectivity index (χ4n) is 1.86. The van der Waals surface area contributed by atoms with Crippen molar-refractivity contribution in [2.24, 2.45) is 12.9 Å². The molecule has 0 saturated heterocycles. The van der Waals surface area contributed by atoms with Crippen molar-refractivity contribution < 1.29 is 8.78 Å². The molecule has 18 heavy (non-hydrogen) atoms. The van der Waals surface area contributed by atoms with Gasteiger partial charge in [-0.1, -0.05) is 6.07 Å². The van der Waals surface area contributed by atoms with Gasteiger partial charge in [0, 0.05) is 31.4 Å². The van der Waals surface area contributed by atoms with Crippen molar-refractivity contribution in [2.45, 2.75) is 12.5 Å². The van der Waals surface area contributed by atoms with Crippen LogP contribution in [-0.2, 0) is 13.5 Å². The average molecular weight is 252 g/mol. The van der Waals surface area contributed by atoms with Gasteiger partial charge in [-0.2, -0.15) is 0 Å². The Morgan fingerprint density at radius 3 is 2.56 bits per heavy atom. The average Bonchev–Trinajstić information content (AvgIpc) is 2.73. The summed E-state index contributed by atoms with van der Waals surface area (Å²) < 4.78 is 29.1. The summed E-state index contributed by atoms with van der Waals surface area (Å²) in [6, 6.07) is 3.08. The first-order chi connectivity index (χ1) is 8.63. The quantitative estimate of drug-likeness (QED) is 0.639. The molecule has 1 aromatic heterocycles. The van der Waals surface area contributed by atoms with E-state index in [-0.39, 0.29) is 5.56 Å². The van der Waals surface area contributed by atoms with Gasteiger partial charge in [-0.3, -0.25) is 11.3 Å². The first-order valence-corrected chi connectivity index (χ1v) is 5.49. The highest BCUT2D eigenvalue weighted by atomic mass is 19.1. The molecule has 0 saturated carbocycles. The zero-order chi connectivity index (χ0) is 13.1. The van der Waals surface area contributed by atoms with Gasteiger partial charge in [0.1, 0.15) is 17.5 Å². The molecule has 2 aromatic rings. The molecule has 0 aliphatic rings. The Labute approximate surface area is 103 Å². The van der Waals surface area contributed by atoms with Gasteiger partial charge >= 0.3 is 0 Å². The maximum atomic E-state index is 13.7. The number of halogens is 2. The number of aryl methyl sites for hydroxylation is 1. The number of nitrogens with zero attached hydrogens (tertiary/aromatic N) is 2. The second-order valence-corrected chi connectivity index (χ2v) is 4.01. The Morgan fingerprint density at radius 1 is 1.39 bits per heavy atom. The molecule has 0 spiro atoms. The lowest BCUT2D eigenvalue weighted by Crippen LogP contribution is -2.31. The summed E-state index contributed by atoms with van der Waals surface area (Å²) in [4.78, 5) is 4.11. The van der Waals surface area contributed by atoms with E-state index in [9.17, 15) is 8.78 Å². The summed E-state index contributed by atoms with van der Waals surface area (Å²) in [5, 5.41) is 0. The standard InChI is InChI=1S/C12H14F2N4/c1-18-6-5-16-11(18)7-10(17-15)12-8(13)3-2-4-9(12)14/h2-6,10,17H,7,15H2,1H3. The van der Waals surface area contributed by atoms with E-state index < -0.39 is 17.7 Å². The van der Waals surface area contributed by atoms with Gasteiger partial charge in [-0.15, -0.1) is 0 Å². The summed E-state index contributed by atoms with van der Waals surface area (Å²) in [6.07, 6.45) is 3.69. The summed E-state index contributed by atoms with van der Waals surface area (Å²) in [5.41, 5.74) is 2.37. The fourth-order valence-corrected chi connectivity index (χ4v) is 1.86. The van der Waals surface area contributed by atoms with Crippen LogP contribution >= 0.6 is 0 Å². The Kier molecular flexibility index (Phi) is 3.69. The van der Waals surface area contributed by atoms with E-state index in [4.69, 9.17) is 5.84 Å². The minimum Gasteiger partial charge on any atom is -0.338 e. The molecule has 0 aliphatic carbocycles. The van der Waals surface area contributed by atoms with Crippen molar-refractivity contribution in [3.05, 3.63) is 53.6 Å². The normalized spacial score (nSPS) is 12.7. The Bertz CT molecular complexity index is 518. The van der Waals surface area contributed by atoms with E-state index in [1.165, 1.54) is 18.2 Å². The molecule has 1 aromatic carbocycles. The highest BCUT2D eigenvalue weighted by Crippen LogP contribution is 2.22. The van der Waals surface area contributed by atoms with Gasteiger partial charge in [-0.25, -0.2) is 13.8 Å². The maximum absolute atomic E-state index is 13.7. The minimum absolute atomic E-state index is 0.0667. The summed E-state index contributed by atoms with van der Waals surface area (Å²) in [6.45, 7) is 0. The van der Waals surface area contributed by atoms with Crippen molar-refractivity contribution in [2.75, 3.05) is 0 Å². The lowest BCUT2D eigenvalue weighted by Gasteiger charge is -2.17. The molecule has 3 N–H and O–H groups in total. The van der Waals surface area contributed by atoms with Gasteiger partial charge in [0.2, 0.25) is 0 Å². The van der Waals surface area contributed by atoms with Crippen LogP contribution in [0.15, 0.2) is 30.6 Å². The van der Waals surface area contributed by atoms with Gasteiger partial charge in [-0.05, 0) is 12.1 Å². The number of rotatable bonds is 4. The highest BCUT2D eigenvalue weighted by molar-refractivity contribution is 5.24. The molecule has 96 valence electrons. The number of aromatic nitrogens is 2. The molecule has 6 heteroatoms. The predicted octanol–water partition coefficient (Wildman–Crippen LogP) is 1.45. The van der Waals surface area contributed by atoms with Gasteiger partial charge in [0.15, 0.2) is 0 Å². The van der Waals surface area contributed by atoms with E-state index in [1.807, 2.05) is 7.05 Å². The van der Waals surface area contributed by atoms with E-state index in [2.05, 4.69) is 10.4 Å². The van der Waals surface area contributed by atoms with Crippen LogP contribution in [0.25, 0.3) is 0 Å². The van der Waals surface area contributed by atoms with Crippen LogP contribution in [0, 0.1) is 11.6 Å². The molecule has 1 unspecified atom stereocenters. The topological polar surface area (TPSA) is 55.9 Å². The van der Waals surface area contributed by atoms with Crippen LogP contribution in [0.5, 0.6) is 0 Å². The van der Waals surface area contributed by atoms with Crippen LogP contribution in [0.3, 0.4) is 0 Å². The van der Waals surface area contributed by atoms with Gasteiger partial charge in [0.05, 0.1) is 6.04 Å². The third-order valence-corrected chi connectivity index (χ3v) is 2.86. The summed E-state index contributed by atoms with van der Waals surface area (Å²) in [7, 11) is 1.81. The van der Waals surface area contributed by atoms with E-state index in [0.29, 0.717) is 12.2 Å². The van der Waals surface area contributed by atoms with Crippen LogP contribution in [0.4, 0.5) is 8.78 Å². The molecule has 1 heterocycles. The Morgan fingerprint density at radius 2 is 2.06 bits per heavy atom. The number of nitrogens with one attached hydrogen (secondary N) is 1. The lowest BCUT2D eigenvalue weighted by atomic mass is 10.0. The van der Waals surface area contributed by atoms with Crippen LogP contribution in [-0.4, -0.2) is 9.55 Å². The number of nitrogens with two attached hydrogens (primary N) is 1. The Balaban J connectivity index is 2.32. The zero-order valence-electron chi connectivity index (χ0n) is 9.90. The zero-order valence-corrected chi connectivity index (χ0v) is 9.90. The fraction of sp³-hybridized carbons (Fsp3) is 0.250. The third kappa shape index (κ3) is 2.39. The molecule has 1 atom stereocenters. The number of hydrazine groups is 1. The van der Waals surface area contributed by atoms with Crippen molar-refractivity contribution in [1.82, 2.24) is 15.0 Å². The number of imidazole rings is 1. The summed E-state index contributed by atoms with van der Waals surface area (Å²) in [5.74, 6) is 4.85. The monoisotopic (exact) mass is 252 g/mol. The molecule has 0 radical (unpaired) electrons. The number of hydrogen-bond acceptors (Lipinski definition) is 3. The Hall–Kier alpha value is -1.79. The molecule has 0 fully saturated rings. The molecule has 0 bridgehead atoms. The lowest BCUT2D eigenvalue weighted by molar-refractivity contribution is 0.463. The molecular weight excluding hydrogens is 238 g/mol. The van der Waals surface area contributed by atoms with Crippen molar-refractivity contribution in [3.8, 4) is 0 Å². The van der Waals surface area contributed by atoms with Crippen molar-refractivity contribution in [3.63, 3.8) is 0 Å². The van der Waals surface area contributed by atoms with Crippen LogP contribution in [0.2, 0.25) is 0 Å². The van der Waals surface area contributed by atoms with Crippen LogP contribution in [0.1, 0.15) is 17.4 Å². The number of benzene rings is 1. The summed E-state index contributed by atoms with van der Waals surface area (Å²) >= 11 is 0. The van der Waals surface area contributed by atoms with Gasteiger partial charge < -0.3 is 4.57 Å². The minimum atomic E-state index is -0.660. The van der Waals surface area contributed by atoms with E-state index in [1.54, 1.807) is 17.0 Å². The molecule has 4 nitrogen and oxygen atoms in total. The molecular formula is C12H14F2N4. The van der Waals surface area contributed by atoms with Crippen LogP contribution < -0.4 is 11.3 Å². The third-order valence-electron chi connectivity index (χ3n) is 2.86. The maximum Gasteiger partial charge on any atom is 0.130 e. The SMILES string of the molecule is Cn1ccnc1CC(NN)c1c(F)cccc1F. The van der Waals surface area contributed by atoms with Crippen molar-refractivity contribution >= 4 is 0 Å². The largest absolute Gasteiger partial charge is 0.338 e. The first-order valence-electron chi connectivity index (χ1n) is 5.49. The molecule has 0 aliphatic heterocycles. The first kappa shape index (κ1) is 12.7. The second-order valence-electron chi connectivity index (χ2n) is 4.01. The van der Waals surface area contributed by atoms with Gasteiger partial charge in [0.25, 0.3) is 0 Å². The predicted molar refractivity (Wildman–Crippen MR) is 63.3 cm³/mol. The van der Waals surface area contributed by atoms with E-state index >= 15 is 0 Å². The number of hydrogen-bond donors (Lipinski definition) is 2. The second kappa shape index (κ2) is 5.24. The van der Waals surface area contributed by atoms with E-state index in [0.717, 1.165) is 0 Å². The molecule has 0 amide bonds. The molecule has 2 rings (SSSR count). The van der Waals surface area contributed by atoms with Crippen molar-refractivity contribution in [1.29, 1.82) is 0 Å². The smallest absolute Gasteiger partial charge is 0.130 e.